The van der Waals surface area contributed by atoms with Gasteiger partial charge in [-0.05, 0) is 38.4 Å². The molecule has 1 N–H and O–H groups in total. The van der Waals surface area contributed by atoms with Gasteiger partial charge in [0, 0.05) is 12.6 Å². The zero-order valence-electron chi connectivity index (χ0n) is 10.4. The number of hydrogen-bond donors (Lipinski definition) is 1. The van der Waals surface area contributed by atoms with Crippen LogP contribution in [0, 0.1) is 0 Å². The lowest BCUT2D eigenvalue weighted by atomic mass is 10.1. The van der Waals surface area contributed by atoms with E-state index < -0.39 is 0 Å². The molecule has 0 bridgehead atoms. The lowest BCUT2D eigenvalue weighted by Crippen LogP contribution is -2.42. The van der Waals surface area contributed by atoms with Gasteiger partial charge in [-0.1, -0.05) is 26.3 Å². The van der Waals surface area contributed by atoms with Gasteiger partial charge in [-0.3, -0.25) is 4.79 Å². The van der Waals surface area contributed by atoms with Gasteiger partial charge in [0.05, 0.1) is 0 Å². The van der Waals surface area contributed by atoms with Crippen molar-refractivity contribution in [1.29, 1.82) is 0 Å². The lowest BCUT2D eigenvalue weighted by Gasteiger charge is -2.24. The number of unbranched alkanes of at least 4 members (excludes halogenated alkanes) is 1. The van der Waals surface area contributed by atoms with E-state index in [2.05, 4.69) is 23.7 Å². The van der Waals surface area contributed by atoms with Crippen molar-refractivity contribution in [2.24, 2.45) is 0 Å². The van der Waals surface area contributed by atoms with Crippen LogP contribution in [0.5, 0.6) is 0 Å². The molecule has 0 aromatic rings. The Labute approximate surface area is 98.9 Å². The minimum Gasteiger partial charge on any atom is -0.349 e. The molecule has 1 unspecified atom stereocenters. The molecule has 1 atom stereocenters. The highest BCUT2D eigenvalue weighted by molar-refractivity contribution is 5.87. The molecular weight excluding hydrogens is 200 g/mol. The Morgan fingerprint density at radius 3 is 3.06 bits per heavy atom. The first kappa shape index (κ1) is 13.2. The lowest BCUT2D eigenvalue weighted by molar-refractivity contribution is -0.117. The van der Waals surface area contributed by atoms with Gasteiger partial charge in [0.1, 0.15) is 0 Å². The summed E-state index contributed by atoms with van der Waals surface area (Å²) in [4.78, 5) is 13.7. The van der Waals surface area contributed by atoms with E-state index in [0.717, 1.165) is 19.5 Å². The molecule has 1 amide bonds. The van der Waals surface area contributed by atoms with Crippen molar-refractivity contribution in [3.05, 3.63) is 12.7 Å². The molecule has 1 aliphatic rings. The topological polar surface area (TPSA) is 32.3 Å². The first-order valence-electron chi connectivity index (χ1n) is 6.41. The molecule has 16 heavy (non-hydrogen) atoms. The molecule has 1 heterocycles. The fraction of sp³-hybridized carbons (Fsp3) is 0.769. The van der Waals surface area contributed by atoms with Gasteiger partial charge in [0.15, 0.2) is 0 Å². The molecule has 0 aromatic carbocycles. The number of likely N-dealkylation sites (tertiary alicyclic amines) is 1. The number of amides is 1. The van der Waals surface area contributed by atoms with Gasteiger partial charge in [-0.25, -0.2) is 0 Å². The second-order valence-electron chi connectivity index (χ2n) is 4.56. The molecule has 0 spiro atoms. The average molecular weight is 224 g/mol. The van der Waals surface area contributed by atoms with Crippen molar-refractivity contribution in [2.45, 2.75) is 45.1 Å². The van der Waals surface area contributed by atoms with E-state index >= 15 is 0 Å². The van der Waals surface area contributed by atoms with Crippen molar-refractivity contribution < 1.29 is 4.79 Å². The van der Waals surface area contributed by atoms with Crippen molar-refractivity contribution >= 4 is 5.91 Å². The third-order valence-corrected chi connectivity index (χ3v) is 3.12. The first-order chi connectivity index (χ1) is 7.76. The second-order valence-corrected chi connectivity index (χ2v) is 4.56. The molecule has 1 fully saturated rings. The predicted molar refractivity (Wildman–Crippen MR) is 67.3 cm³/mol. The summed E-state index contributed by atoms with van der Waals surface area (Å²) in [5.74, 6) is -0.0395. The Bertz CT molecular complexity index is 228. The number of nitrogens with zero attached hydrogens (tertiary/aromatic N) is 1. The smallest absolute Gasteiger partial charge is 0.243 e. The van der Waals surface area contributed by atoms with Crippen LogP contribution in [-0.4, -0.2) is 36.5 Å². The Kier molecular flexibility index (Phi) is 6.16. The minimum absolute atomic E-state index is 0.0395. The molecular formula is C13H24N2O. The summed E-state index contributed by atoms with van der Waals surface area (Å²) in [5.41, 5.74) is 0. The summed E-state index contributed by atoms with van der Waals surface area (Å²) in [6.07, 6.45) is 7.42. The van der Waals surface area contributed by atoms with Gasteiger partial charge < -0.3 is 10.2 Å². The Morgan fingerprint density at radius 1 is 1.56 bits per heavy atom. The Balaban J connectivity index is 2.38. The second kappa shape index (κ2) is 7.44. The van der Waals surface area contributed by atoms with E-state index in [1.807, 2.05) is 0 Å². The van der Waals surface area contributed by atoms with Crippen molar-refractivity contribution in [3.63, 3.8) is 0 Å². The van der Waals surface area contributed by atoms with Gasteiger partial charge >= 0.3 is 0 Å². The van der Waals surface area contributed by atoms with E-state index in [4.69, 9.17) is 0 Å². The molecule has 1 rings (SSSR count). The SMILES string of the molecule is C=CC(=O)NC1CCCCN(CCCC)C1. The van der Waals surface area contributed by atoms with E-state index in [1.165, 1.54) is 38.3 Å². The van der Waals surface area contributed by atoms with Crippen molar-refractivity contribution in [3.8, 4) is 0 Å². The van der Waals surface area contributed by atoms with Crippen molar-refractivity contribution in [2.75, 3.05) is 19.6 Å². The molecule has 0 aliphatic carbocycles. The molecule has 92 valence electrons. The molecule has 0 radical (unpaired) electrons. The number of nitrogens with one attached hydrogen (secondary N) is 1. The molecule has 3 nitrogen and oxygen atoms in total. The maximum atomic E-state index is 11.3. The van der Waals surface area contributed by atoms with Crippen LogP contribution < -0.4 is 5.32 Å². The minimum atomic E-state index is -0.0395. The summed E-state index contributed by atoms with van der Waals surface area (Å²) in [7, 11) is 0. The third kappa shape index (κ3) is 4.79. The average Bonchev–Trinajstić information content (AvgIpc) is 2.51. The standard InChI is InChI=1S/C13H24N2O/c1-3-5-9-15-10-7-6-8-12(11-15)14-13(16)4-2/h4,12H,2-3,5-11H2,1H3,(H,14,16). The quantitative estimate of drug-likeness (QED) is 0.724. The summed E-state index contributed by atoms with van der Waals surface area (Å²) in [6.45, 7) is 9.05. The van der Waals surface area contributed by atoms with Crippen LogP contribution in [0.3, 0.4) is 0 Å². The van der Waals surface area contributed by atoms with Crippen LogP contribution in [0.4, 0.5) is 0 Å². The van der Waals surface area contributed by atoms with E-state index in [0.29, 0.717) is 6.04 Å². The fourth-order valence-corrected chi connectivity index (χ4v) is 2.18. The summed E-state index contributed by atoms with van der Waals surface area (Å²) >= 11 is 0. The monoisotopic (exact) mass is 224 g/mol. The highest BCUT2D eigenvalue weighted by Gasteiger charge is 2.18. The Hall–Kier alpha value is -0.830. The maximum absolute atomic E-state index is 11.3. The van der Waals surface area contributed by atoms with Crippen LogP contribution >= 0.6 is 0 Å². The molecule has 0 aromatic heterocycles. The number of rotatable bonds is 5. The van der Waals surface area contributed by atoms with Gasteiger partial charge in [0.2, 0.25) is 5.91 Å². The van der Waals surface area contributed by atoms with Crippen molar-refractivity contribution in [1.82, 2.24) is 10.2 Å². The molecule has 1 saturated heterocycles. The predicted octanol–water partition coefficient (Wildman–Crippen LogP) is 1.94. The maximum Gasteiger partial charge on any atom is 0.243 e. The number of carbonyl (C=O) groups is 1. The van der Waals surface area contributed by atoms with E-state index in [9.17, 15) is 4.79 Å². The summed E-state index contributed by atoms with van der Waals surface area (Å²) in [6, 6.07) is 0.310. The fourth-order valence-electron chi connectivity index (χ4n) is 2.18. The van der Waals surface area contributed by atoms with Gasteiger partial charge in [-0.15, -0.1) is 0 Å². The highest BCUT2D eigenvalue weighted by Crippen LogP contribution is 2.11. The van der Waals surface area contributed by atoms with E-state index in [1.54, 1.807) is 0 Å². The van der Waals surface area contributed by atoms with Crippen LogP contribution in [0.15, 0.2) is 12.7 Å². The number of carbonyl (C=O) groups excluding carboxylic acids is 1. The summed E-state index contributed by atoms with van der Waals surface area (Å²) < 4.78 is 0. The summed E-state index contributed by atoms with van der Waals surface area (Å²) in [5, 5.41) is 3.02. The van der Waals surface area contributed by atoms with Crippen LogP contribution in [-0.2, 0) is 4.79 Å². The van der Waals surface area contributed by atoms with Crippen LogP contribution in [0.1, 0.15) is 39.0 Å². The normalized spacial score (nSPS) is 22.4. The third-order valence-electron chi connectivity index (χ3n) is 3.12. The van der Waals surface area contributed by atoms with Crippen LogP contribution in [0.2, 0.25) is 0 Å². The first-order valence-corrected chi connectivity index (χ1v) is 6.41. The molecule has 0 saturated carbocycles. The van der Waals surface area contributed by atoms with Gasteiger partial charge in [0.25, 0.3) is 0 Å². The largest absolute Gasteiger partial charge is 0.349 e. The van der Waals surface area contributed by atoms with Gasteiger partial charge in [-0.2, -0.15) is 0 Å². The van der Waals surface area contributed by atoms with E-state index in [-0.39, 0.29) is 5.91 Å². The molecule has 3 heteroatoms. The zero-order chi connectivity index (χ0) is 11.8. The number of hydrogen-bond acceptors (Lipinski definition) is 2. The molecule has 1 aliphatic heterocycles. The van der Waals surface area contributed by atoms with Crippen LogP contribution in [0.25, 0.3) is 0 Å². The Morgan fingerprint density at radius 2 is 2.38 bits per heavy atom. The zero-order valence-corrected chi connectivity index (χ0v) is 10.4. The highest BCUT2D eigenvalue weighted by atomic mass is 16.1.